The number of carbonyl (C=O) groups excluding carboxylic acids is 1. The molecule has 2 atom stereocenters. The SMILES string of the molecule is CCCCCC=CCC=CCC=CCC=CCCCCN(P)[C@@](CO)(C(=O)O)C(=O)CCCCCCCCCCCCCCCCC. The number of hydrogen-bond acceptors (Lipinski definition) is 4. The number of rotatable bonds is 35. The summed E-state index contributed by atoms with van der Waals surface area (Å²) in [6, 6.07) is 0. The molecule has 1 unspecified atom stereocenters. The number of ketones is 1. The topological polar surface area (TPSA) is 77.8 Å². The normalized spacial score (nSPS) is 13.6. The monoisotopic (exact) mass is 676 g/mol. The summed E-state index contributed by atoms with van der Waals surface area (Å²) in [4.78, 5) is 25.3. The molecular weight excluding hydrogens is 601 g/mol. The first kappa shape index (κ1) is 45.5. The molecule has 0 saturated carbocycles. The third-order valence-electron chi connectivity index (χ3n) is 9.02. The van der Waals surface area contributed by atoms with Crippen molar-refractivity contribution in [2.45, 2.75) is 186 Å². The first-order valence-electron chi connectivity index (χ1n) is 19.5. The predicted octanol–water partition coefficient (Wildman–Crippen LogP) is 11.9. The first-order valence-corrected chi connectivity index (χ1v) is 20.0. The highest BCUT2D eigenvalue weighted by Crippen LogP contribution is 2.25. The maximum atomic E-state index is 13.1. The molecule has 0 aromatic heterocycles. The van der Waals surface area contributed by atoms with Crippen LogP contribution in [0.3, 0.4) is 0 Å². The number of nitrogens with zero attached hydrogens (tertiary/aromatic N) is 1. The van der Waals surface area contributed by atoms with Gasteiger partial charge in [-0.25, -0.2) is 4.79 Å². The molecule has 2 N–H and O–H groups in total. The molecule has 0 aliphatic heterocycles. The average Bonchev–Trinajstić information content (AvgIpc) is 3.06. The molecule has 0 bridgehead atoms. The number of carboxylic acid groups (broad SMARTS) is 1. The lowest BCUT2D eigenvalue weighted by atomic mass is 9.90. The maximum Gasteiger partial charge on any atom is 0.334 e. The van der Waals surface area contributed by atoms with Crippen molar-refractivity contribution in [3.8, 4) is 0 Å². The van der Waals surface area contributed by atoms with Gasteiger partial charge >= 0.3 is 5.97 Å². The molecule has 47 heavy (non-hydrogen) atoms. The second-order valence-electron chi connectivity index (χ2n) is 13.2. The molecule has 0 spiro atoms. The van der Waals surface area contributed by atoms with Gasteiger partial charge in [0, 0.05) is 13.0 Å². The number of allylic oxidation sites excluding steroid dienone is 8. The second-order valence-corrected chi connectivity index (χ2v) is 13.8. The Bertz CT molecular complexity index is 852. The molecular formula is C41H74NO4P. The lowest BCUT2D eigenvalue weighted by Gasteiger charge is -2.35. The second kappa shape index (κ2) is 34.3. The van der Waals surface area contributed by atoms with Gasteiger partial charge in [-0.2, -0.15) is 0 Å². The fraction of sp³-hybridized carbons (Fsp3) is 0.756. The van der Waals surface area contributed by atoms with E-state index in [9.17, 15) is 19.8 Å². The molecule has 0 aromatic rings. The van der Waals surface area contributed by atoms with Crippen molar-refractivity contribution in [3.63, 3.8) is 0 Å². The van der Waals surface area contributed by atoms with E-state index in [0.29, 0.717) is 13.0 Å². The summed E-state index contributed by atoms with van der Waals surface area (Å²) in [7, 11) is 2.41. The van der Waals surface area contributed by atoms with Crippen molar-refractivity contribution in [2.75, 3.05) is 13.2 Å². The van der Waals surface area contributed by atoms with Crippen molar-refractivity contribution in [1.82, 2.24) is 4.67 Å². The standard InChI is InChI=1S/C41H74NO4P/c1-3-5-7-9-11-13-15-17-19-20-21-23-25-27-29-31-33-35-37-42(47)41(38-43,40(45)46)39(44)36-34-32-30-28-26-24-22-18-16-14-12-10-8-6-4-2/h11,13,17,19,21,23,27,29,43H,3-10,12,14-16,18,20,22,24-26,28,30-38,47H2,1-2H3,(H,45,46)/t41-/m1/s1. The zero-order valence-corrected chi connectivity index (χ0v) is 31.8. The van der Waals surface area contributed by atoms with Gasteiger partial charge in [0.25, 0.3) is 0 Å². The van der Waals surface area contributed by atoms with Crippen LogP contribution >= 0.6 is 9.39 Å². The summed E-state index contributed by atoms with van der Waals surface area (Å²) < 4.78 is 1.48. The van der Waals surface area contributed by atoms with E-state index >= 15 is 0 Å². The number of aliphatic hydroxyl groups is 1. The van der Waals surface area contributed by atoms with E-state index in [1.165, 1.54) is 107 Å². The van der Waals surface area contributed by atoms with Crippen LogP contribution in [0.2, 0.25) is 0 Å². The molecule has 0 amide bonds. The highest BCUT2D eigenvalue weighted by molar-refractivity contribution is 7.13. The number of hydrogen-bond donors (Lipinski definition) is 2. The van der Waals surface area contributed by atoms with Gasteiger partial charge in [-0.15, -0.1) is 0 Å². The Morgan fingerprint density at radius 3 is 1.32 bits per heavy atom. The van der Waals surface area contributed by atoms with Crippen LogP contribution < -0.4 is 0 Å². The lowest BCUT2D eigenvalue weighted by molar-refractivity contribution is -0.156. The molecule has 0 rings (SSSR count). The van der Waals surface area contributed by atoms with Gasteiger partial charge in [-0.1, -0.05) is 175 Å². The summed E-state index contributed by atoms with van der Waals surface area (Å²) in [6.45, 7) is 4.21. The molecule has 0 radical (unpaired) electrons. The van der Waals surface area contributed by atoms with Gasteiger partial charge in [0.2, 0.25) is 5.54 Å². The number of aliphatic carboxylic acids is 1. The molecule has 0 aliphatic rings. The fourth-order valence-corrected chi connectivity index (χ4v) is 6.33. The summed E-state index contributed by atoms with van der Waals surface area (Å²) >= 11 is 0. The van der Waals surface area contributed by atoms with Gasteiger partial charge in [-0.05, 0) is 57.8 Å². The minimum absolute atomic E-state index is 0.193. The Morgan fingerprint density at radius 2 is 0.915 bits per heavy atom. The average molecular weight is 676 g/mol. The van der Waals surface area contributed by atoms with Crippen LogP contribution in [0.5, 0.6) is 0 Å². The van der Waals surface area contributed by atoms with E-state index in [1.54, 1.807) is 0 Å². The Kier molecular flexibility index (Phi) is 33.2. The van der Waals surface area contributed by atoms with Crippen LogP contribution in [0.15, 0.2) is 48.6 Å². The van der Waals surface area contributed by atoms with Crippen molar-refractivity contribution in [2.24, 2.45) is 0 Å². The molecule has 6 heteroatoms. The summed E-state index contributed by atoms with van der Waals surface area (Å²) in [5, 5.41) is 20.1. The van der Waals surface area contributed by atoms with Gasteiger partial charge in [-0.3, -0.25) is 9.46 Å². The number of Topliss-reactive ketones (excluding diaryl/α,β-unsaturated/α-hetero) is 1. The minimum atomic E-state index is -1.87. The van der Waals surface area contributed by atoms with E-state index in [1.807, 2.05) is 0 Å². The van der Waals surface area contributed by atoms with Crippen molar-refractivity contribution < 1.29 is 19.8 Å². The number of carbonyl (C=O) groups is 2. The lowest BCUT2D eigenvalue weighted by Crippen LogP contribution is -2.59. The molecule has 272 valence electrons. The summed E-state index contributed by atoms with van der Waals surface area (Å²) in [6.07, 6.45) is 47.0. The fourth-order valence-electron chi connectivity index (χ4n) is 5.81. The summed E-state index contributed by atoms with van der Waals surface area (Å²) in [5.41, 5.74) is -1.87. The van der Waals surface area contributed by atoms with Gasteiger partial charge in [0.15, 0.2) is 5.78 Å². The quantitative estimate of drug-likeness (QED) is 0.0302. The predicted molar refractivity (Wildman–Crippen MR) is 207 cm³/mol. The molecule has 5 nitrogen and oxygen atoms in total. The highest BCUT2D eigenvalue weighted by atomic mass is 31.0. The van der Waals surface area contributed by atoms with Crippen LogP contribution in [0.4, 0.5) is 0 Å². The zero-order chi connectivity index (χ0) is 34.7. The largest absolute Gasteiger partial charge is 0.479 e. The highest BCUT2D eigenvalue weighted by Gasteiger charge is 2.48. The van der Waals surface area contributed by atoms with E-state index in [4.69, 9.17) is 0 Å². The van der Waals surface area contributed by atoms with Crippen LogP contribution in [0.25, 0.3) is 0 Å². The van der Waals surface area contributed by atoms with Gasteiger partial charge in [0.05, 0.1) is 6.61 Å². The minimum Gasteiger partial charge on any atom is -0.479 e. The van der Waals surface area contributed by atoms with E-state index in [-0.39, 0.29) is 6.42 Å². The van der Waals surface area contributed by atoms with E-state index < -0.39 is 23.9 Å². The molecule has 0 aromatic carbocycles. The van der Waals surface area contributed by atoms with Crippen LogP contribution in [0, 0.1) is 0 Å². The summed E-state index contributed by atoms with van der Waals surface area (Å²) in [5.74, 6) is -1.65. The van der Waals surface area contributed by atoms with Crippen LogP contribution in [0.1, 0.15) is 181 Å². The smallest absolute Gasteiger partial charge is 0.334 e. The Morgan fingerprint density at radius 1 is 0.553 bits per heavy atom. The van der Waals surface area contributed by atoms with Crippen LogP contribution in [-0.4, -0.2) is 45.3 Å². The first-order chi connectivity index (χ1) is 23.0. The van der Waals surface area contributed by atoms with E-state index in [2.05, 4.69) is 71.8 Å². The van der Waals surface area contributed by atoms with Gasteiger partial charge in [0.1, 0.15) is 0 Å². The van der Waals surface area contributed by atoms with E-state index in [0.717, 1.165) is 51.4 Å². The Balaban J connectivity index is 4.08. The van der Waals surface area contributed by atoms with Gasteiger partial charge < -0.3 is 10.2 Å². The number of unbranched alkanes of at least 4 members (excludes halogenated alkanes) is 19. The van der Waals surface area contributed by atoms with Crippen molar-refractivity contribution in [3.05, 3.63) is 48.6 Å². The maximum absolute atomic E-state index is 13.1. The Labute approximate surface area is 293 Å². The van der Waals surface area contributed by atoms with Crippen molar-refractivity contribution >= 4 is 21.1 Å². The zero-order valence-electron chi connectivity index (χ0n) is 30.7. The van der Waals surface area contributed by atoms with Crippen molar-refractivity contribution in [1.29, 1.82) is 0 Å². The number of aliphatic hydroxyl groups excluding tert-OH is 1. The number of carboxylic acids is 1. The molecule has 0 saturated heterocycles. The third-order valence-corrected chi connectivity index (χ3v) is 9.72. The third kappa shape index (κ3) is 25.1. The Hall–Kier alpha value is -1.55. The van der Waals surface area contributed by atoms with Crippen LogP contribution in [-0.2, 0) is 9.59 Å². The molecule has 0 aliphatic carbocycles. The molecule has 0 fully saturated rings. The molecule has 0 heterocycles.